The molecule has 2 heterocycles. The second-order valence-corrected chi connectivity index (χ2v) is 8.08. The summed E-state index contributed by atoms with van der Waals surface area (Å²) in [5.41, 5.74) is 5.74. The van der Waals surface area contributed by atoms with E-state index in [1.165, 1.54) is 11.0 Å². The van der Waals surface area contributed by atoms with Crippen molar-refractivity contribution in [3.05, 3.63) is 46.6 Å². The van der Waals surface area contributed by atoms with Gasteiger partial charge in [-0.15, -0.1) is 0 Å². The van der Waals surface area contributed by atoms with Crippen LogP contribution in [0.25, 0.3) is 0 Å². The number of carbonyl (C=O) groups excluding carboxylic acids is 4. The number of primary amides is 1. The lowest BCUT2D eigenvalue weighted by Gasteiger charge is -2.17. The van der Waals surface area contributed by atoms with E-state index in [1.807, 2.05) is 0 Å². The fraction of sp³-hybridized carbons (Fsp3) is 0.409. The Labute approximate surface area is 182 Å². The molecule has 2 atom stereocenters. The number of aryl methyl sites for hydroxylation is 2. The number of rotatable bonds is 6. The van der Waals surface area contributed by atoms with Gasteiger partial charge in [-0.2, -0.15) is 0 Å². The van der Waals surface area contributed by atoms with E-state index in [0.717, 1.165) is 6.07 Å². The highest BCUT2D eigenvalue weighted by Gasteiger charge is 2.37. The lowest BCUT2D eigenvalue weighted by Crippen LogP contribution is -2.27. The maximum absolute atomic E-state index is 15.1. The Morgan fingerprint density at radius 3 is 2.75 bits per heavy atom. The van der Waals surface area contributed by atoms with Crippen molar-refractivity contribution in [2.75, 3.05) is 11.4 Å². The maximum atomic E-state index is 15.1. The van der Waals surface area contributed by atoms with Crippen LogP contribution < -0.4 is 10.6 Å². The van der Waals surface area contributed by atoms with Gasteiger partial charge in [0.05, 0.1) is 23.7 Å². The molecule has 9 nitrogen and oxygen atoms in total. The van der Waals surface area contributed by atoms with Gasteiger partial charge in [0.2, 0.25) is 5.91 Å². The van der Waals surface area contributed by atoms with Crippen LogP contribution in [0.3, 0.4) is 0 Å². The summed E-state index contributed by atoms with van der Waals surface area (Å²) in [5.74, 6) is -3.00. The van der Waals surface area contributed by atoms with Crippen molar-refractivity contribution in [3.8, 4) is 0 Å². The molecule has 32 heavy (non-hydrogen) atoms. The number of ketones is 2. The molecule has 1 unspecified atom stereocenters. The van der Waals surface area contributed by atoms with E-state index in [9.17, 15) is 19.2 Å². The number of fused-ring (bicyclic) bond motifs is 1. The summed E-state index contributed by atoms with van der Waals surface area (Å²) in [7, 11) is 0. The van der Waals surface area contributed by atoms with Crippen LogP contribution in [-0.2, 0) is 16.0 Å². The highest BCUT2D eigenvalue weighted by molar-refractivity contribution is 6.16. The first kappa shape index (κ1) is 21.7. The molecule has 0 spiro atoms. The lowest BCUT2D eigenvalue weighted by atomic mass is 9.89. The zero-order chi connectivity index (χ0) is 23.0. The second kappa shape index (κ2) is 8.52. The number of cyclic esters (lactones) is 1. The fourth-order valence-electron chi connectivity index (χ4n) is 4.18. The minimum Gasteiger partial charge on any atom is -0.444 e. The van der Waals surface area contributed by atoms with Gasteiger partial charge < -0.3 is 15.0 Å². The first-order chi connectivity index (χ1) is 15.2. The van der Waals surface area contributed by atoms with E-state index in [0.29, 0.717) is 24.2 Å². The normalized spacial score (nSPS) is 20.6. The van der Waals surface area contributed by atoms with Crippen LogP contribution in [0, 0.1) is 18.7 Å². The molecule has 1 fully saturated rings. The van der Waals surface area contributed by atoms with Crippen LogP contribution in [0.2, 0.25) is 0 Å². The van der Waals surface area contributed by atoms with Crippen LogP contribution in [0.15, 0.2) is 22.7 Å². The Kier molecular flexibility index (Phi) is 5.77. The zero-order valence-corrected chi connectivity index (χ0v) is 17.4. The molecule has 0 bridgehead atoms. The van der Waals surface area contributed by atoms with Crippen molar-refractivity contribution >= 4 is 29.3 Å². The van der Waals surface area contributed by atoms with Gasteiger partial charge in [-0.25, -0.2) is 9.18 Å². The fourth-order valence-corrected chi connectivity index (χ4v) is 4.18. The SMILES string of the molecule is Cc1cc(C(=O)C2CCCc3cc(N4C[C@H](CCC(N)=O)OC4=O)cc(F)c3C2=O)no1. The number of nitrogens with two attached hydrogens (primary N) is 1. The average molecular weight is 443 g/mol. The largest absolute Gasteiger partial charge is 0.444 e. The lowest BCUT2D eigenvalue weighted by molar-refractivity contribution is -0.118. The van der Waals surface area contributed by atoms with Crippen LogP contribution in [0.5, 0.6) is 0 Å². The molecule has 1 aromatic heterocycles. The highest BCUT2D eigenvalue weighted by Crippen LogP contribution is 2.33. The topological polar surface area (TPSA) is 133 Å². The van der Waals surface area contributed by atoms with Crippen LogP contribution in [0.1, 0.15) is 57.9 Å². The summed E-state index contributed by atoms with van der Waals surface area (Å²) in [5, 5.41) is 3.68. The van der Waals surface area contributed by atoms with Crippen molar-refractivity contribution in [1.29, 1.82) is 0 Å². The van der Waals surface area contributed by atoms with Crippen LogP contribution in [0.4, 0.5) is 14.9 Å². The number of ether oxygens (including phenoxy) is 1. The molecule has 2 N–H and O–H groups in total. The van der Waals surface area contributed by atoms with E-state index in [2.05, 4.69) is 5.16 Å². The molecule has 4 rings (SSSR count). The number of nitrogens with zero attached hydrogens (tertiary/aromatic N) is 2. The van der Waals surface area contributed by atoms with Crippen molar-refractivity contribution in [1.82, 2.24) is 5.16 Å². The number of anilines is 1. The number of halogens is 1. The van der Waals surface area contributed by atoms with Crippen molar-refractivity contribution < 1.29 is 32.8 Å². The summed E-state index contributed by atoms with van der Waals surface area (Å²) in [6.07, 6.45) is 0.268. The van der Waals surface area contributed by atoms with Gasteiger partial charge in [-0.1, -0.05) is 5.16 Å². The quantitative estimate of drug-likeness (QED) is 0.412. The number of hydrogen-bond acceptors (Lipinski definition) is 7. The summed E-state index contributed by atoms with van der Waals surface area (Å²) in [6, 6.07) is 4.14. The Balaban J connectivity index is 1.59. The third-order valence-electron chi connectivity index (χ3n) is 5.75. The van der Waals surface area contributed by atoms with Gasteiger partial charge in [-0.3, -0.25) is 19.3 Å². The zero-order valence-electron chi connectivity index (χ0n) is 17.4. The number of aromatic nitrogens is 1. The Hall–Kier alpha value is -3.56. The number of hydrogen-bond donors (Lipinski definition) is 1. The summed E-state index contributed by atoms with van der Waals surface area (Å²) in [6.45, 7) is 1.78. The Morgan fingerprint density at radius 1 is 1.28 bits per heavy atom. The van der Waals surface area contributed by atoms with Gasteiger partial charge in [-0.05, 0) is 50.3 Å². The average Bonchev–Trinajstić information content (AvgIpc) is 3.29. The third kappa shape index (κ3) is 4.12. The minimum absolute atomic E-state index is 0.0446. The van der Waals surface area contributed by atoms with E-state index >= 15 is 4.39 Å². The van der Waals surface area contributed by atoms with E-state index < -0.39 is 41.4 Å². The number of Topliss-reactive ketones (excluding diaryl/α,β-unsaturated/α-hetero) is 2. The molecule has 1 aliphatic heterocycles. The highest BCUT2D eigenvalue weighted by atomic mass is 19.1. The predicted octanol–water partition coefficient (Wildman–Crippen LogP) is 2.73. The second-order valence-electron chi connectivity index (χ2n) is 8.08. The Morgan fingerprint density at radius 2 is 2.06 bits per heavy atom. The standard InChI is InChI=1S/C22H22FN3O6/c1-11-7-17(25-32-11)20(28)15-4-2-3-12-8-13(9-16(23)19(12)21(15)29)26-10-14(31-22(26)30)5-6-18(24)27/h7-9,14-15H,2-6,10H2,1H3,(H2,24,27)/t14-,15?/m0/s1. The van der Waals surface area contributed by atoms with Crippen molar-refractivity contribution in [3.63, 3.8) is 0 Å². The van der Waals surface area contributed by atoms with Gasteiger partial charge in [0.1, 0.15) is 17.7 Å². The van der Waals surface area contributed by atoms with Gasteiger partial charge >= 0.3 is 6.09 Å². The summed E-state index contributed by atoms with van der Waals surface area (Å²) in [4.78, 5) is 50.4. The van der Waals surface area contributed by atoms with Crippen LogP contribution >= 0.6 is 0 Å². The number of amides is 2. The van der Waals surface area contributed by atoms with E-state index in [1.54, 1.807) is 13.0 Å². The van der Waals surface area contributed by atoms with Crippen molar-refractivity contribution in [2.24, 2.45) is 11.7 Å². The first-order valence-corrected chi connectivity index (χ1v) is 10.3. The molecule has 1 aliphatic carbocycles. The molecule has 2 amide bonds. The maximum Gasteiger partial charge on any atom is 0.414 e. The molecule has 1 saturated heterocycles. The number of benzene rings is 1. The summed E-state index contributed by atoms with van der Waals surface area (Å²) >= 11 is 0. The van der Waals surface area contributed by atoms with E-state index in [-0.39, 0.29) is 42.8 Å². The van der Waals surface area contributed by atoms with Gasteiger partial charge in [0.15, 0.2) is 17.3 Å². The molecule has 2 aliphatic rings. The third-order valence-corrected chi connectivity index (χ3v) is 5.75. The molecule has 2 aromatic rings. The monoisotopic (exact) mass is 443 g/mol. The molecule has 168 valence electrons. The van der Waals surface area contributed by atoms with Crippen LogP contribution in [-0.4, -0.2) is 41.4 Å². The summed E-state index contributed by atoms with van der Waals surface area (Å²) < 4.78 is 25.3. The molecule has 1 aromatic carbocycles. The molecule has 10 heteroatoms. The Bertz CT molecular complexity index is 1110. The minimum atomic E-state index is -1.05. The van der Waals surface area contributed by atoms with E-state index in [4.69, 9.17) is 15.0 Å². The molecular formula is C22H22FN3O6. The molecule has 0 radical (unpaired) electrons. The molecule has 0 saturated carbocycles. The first-order valence-electron chi connectivity index (χ1n) is 10.3. The van der Waals surface area contributed by atoms with Crippen molar-refractivity contribution in [2.45, 2.75) is 45.1 Å². The smallest absolute Gasteiger partial charge is 0.414 e. The van der Waals surface area contributed by atoms with Gasteiger partial charge in [0, 0.05) is 12.5 Å². The van der Waals surface area contributed by atoms with Gasteiger partial charge in [0.25, 0.3) is 0 Å². The number of carbonyl (C=O) groups is 4. The predicted molar refractivity (Wildman–Crippen MR) is 109 cm³/mol. The molecular weight excluding hydrogens is 421 g/mol.